The van der Waals surface area contributed by atoms with Crippen LogP contribution in [0.1, 0.15) is 33.8 Å². The van der Waals surface area contributed by atoms with E-state index in [9.17, 15) is 4.79 Å². The second-order valence-electron chi connectivity index (χ2n) is 5.07. The molecule has 0 saturated heterocycles. The number of primary amides is 1. The van der Waals surface area contributed by atoms with Crippen LogP contribution < -0.4 is 11.1 Å². The fraction of sp³-hybridized carbons (Fsp3) is 0.312. The van der Waals surface area contributed by atoms with Crippen LogP contribution in [0.5, 0.6) is 0 Å². The molecule has 2 aromatic rings. The SMILES string of the molecule is Cc1cc(C(C)Nc2ccc(CC(N)=O)cc2)c(C)s1. The summed E-state index contributed by atoms with van der Waals surface area (Å²) in [5.74, 6) is -0.302. The third-order valence-electron chi connectivity index (χ3n) is 3.26. The van der Waals surface area contributed by atoms with E-state index in [0.29, 0.717) is 6.42 Å². The number of nitrogens with two attached hydrogens (primary N) is 1. The van der Waals surface area contributed by atoms with Crippen LogP contribution in [0.4, 0.5) is 5.69 Å². The topological polar surface area (TPSA) is 55.1 Å². The van der Waals surface area contributed by atoms with E-state index in [1.165, 1.54) is 15.3 Å². The zero-order valence-corrected chi connectivity index (χ0v) is 12.9. The van der Waals surface area contributed by atoms with Crippen LogP contribution in [0.2, 0.25) is 0 Å². The lowest BCUT2D eigenvalue weighted by molar-refractivity contribution is -0.117. The summed E-state index contributed by atoms with van der Waals surface area (Å²) in [6.45, 7) is 6.44. The van der Waals surface area contributed by atoms with E-state index in [1.54, 1.807) is 0 Å². The number of hydrogen-bond donors (Lipinski definition) is 2. The first-order valence-electron chi connectivity index (χ1n) is 6.66. The molecule has 1 amide bonds. The van der Waals surface area contributed by atoms with Gasteiger partial charge in [0.1, 0.15) is 0 Å². The summed E-state index contributed by atoms with van der Waals surface area (Å²) in [5.41, 5.74) is 8.52. The molecule has 0 radical (unpaired) electrons. The third kappa shape index (κ3) is 3.61. The van der Waals surface area contributed by atoms with Crippen molar-refractivity contribution in [2.75, 3.05) is 5.32 Å². The summed E-state index contributed by atoms with van der Waals surface area (Å²) >= 11 is 1.83. The van der Waals surface area contributed by atoms with Crippen molar-refractivity contribution in [3.63, 3.8) is 0 Å². The highest BCUT2D eigenvalue weighted by Gasteiger charge is 2.11. The zero-order valence-electron chi connectivity index (χ0n) is 12.1. The molecule has 0 aliphatic heterocycles. The van der Waals surface area contributed by atoms with Gasteiger partial charge in [0.2, 0.25) is 5.91 Å². The number of thiophene rings is 1. The molecule has 1 unspecified atom stereocenters. The maximum absolute atomic E-state index is 10.9. The van der Waals surface area contributed by atoms with Crippen LogP contribution in [0.3, 0.4) is 0 Å². The Balaban J connectivity index is 2.06. The maximum Gasteiger partial charge on any atom is 0.221 e. The van der Waals surface area contributed by atoms with Crippen molar-refractivity contribution in [3.8, 4) is 0 Å². The predicted molar refractivity (Wildman–Crippen MR) is 85.2 cm³/mol. The molecule has 1 heterocycles. The van der Waals surface area contributed by atoms with E-state index in [1.807, 2.05) is 35.6 Å². The fourth-order valence-corrected chi connectivity index (χ4v) is 3.35. The quantitative estimate of drug-likeness (QED) is 0.883. The minimum absolute atomic E-state index is 0.266. The van der Waals surface area contributed by atoms with Crippen molar-refractivity contribution in [2.45, 2.75) is 33.2 Å². The molecule has 106 valence electrons. The van der Waals surface area contributed by atoms with Gasteiger partial charge in [-0.2, -0.15) is 0 Å². The Morgan fingerprint density at radius 3 is 2.45 bits per heavy atom. The molecule has 4 heteroatoms. The van der Waals surface area contributed by atoms with Crippen LogP contribution >= 0.6 is 11.3 Å². The van der Waals surface area contributed by atoms with Crippen molar-refractivity contribution in [1.82, 2.24) is 0 Å². The van der Waals surface area contributed by atoms with Gasteiger partial charge in [0.05, 0.1) is 6.42 Å². The van der Waals surface area contributed by atoms with Crippen molar-refractivity contribution in [3.05, 3.63) is 51.2 Å². The molecule has 1 atom stereocenters. The van der Waals surface area contributed by atoms with Gasteiger partial charge in [-0.25, -0.2) is 0 Å². The second-order valence-corrected chi connectivity index (χ2v) is 6.54. The Morgan fingerprint density at radius 2 is 1.95 bits per heavy atom. The van der Waals surface area contributed by atoms with Crippen molar-refractivity contribution >= 4 is 22.9 Å². The summed E-state index contributed by atoms with van der Waals surface area (Å²) < 4.78 is 0. The summed E-state index contributed by atoms with van der Waals surface area (Å²) in [6.07, 6.45) is 0.290. The molecule has 20 heavy (non-hydrogen) atoms. The van der Waals surface area contributed by atoms with Gasteiger partial charge in [-0.1, -0.05) is 12.1 Å². The van der Waals surface area contributed by atoms with Crippen molar-refractivity contribution in [2.24, 2.45) is 5.73 Å². The first-order valence-corrected chi connectivity index (χ1v) is 7.48. The molecular formula is C16H20N2OS. The standard InChI is InChI=1S/C16H20N2OS/c1-10-8-15(12(3)20-10)11(2)18-14-6-4-13(5-7-14)9-16(17)19/h4-8,11,18H,9H2,1-3H3,(H2,17,19). The van der Waals surface area contributed by atoms with E-state index in [2.05, 4.69) is 32.2 Å². The highest BCUT2D eigenvalue weighted by molar-refractivity contribution is 7.12. The molecule has 0 aliphatic rings. The summed E-state index contributed by atoms with van der Waals surface area (Å²) in [6, 6.07) is 10.4. The van der Waals surface area contributed by atoms with Gasteiger partial charge < -0.3 is 11.1 Å². The van der Waals surface area contributed by atoms with E-state index >= 15 is 0 Å². The maximum atomic E-state index is 10.9. The average Bonchev–Trinajstić information content (AvgIpc) is 2.70. The predicted octanol–water partition coefficient (Wildman–Crippen LogP) is 3.57. The lowest BCUT2D eigenvalue weighted by Gasteiger charge is -2.15. The van der Waals surface area contributed by atoms with Gasteiger partial charge in [0.15, 0.2) is 0 Å². The number of rotatable bonds is 5. The van der Waals surface area contributed by atoms with Crippen molar-refractivity contribution in [1.29, 1.82) is 0 Å². The third-order valence-corrected chi connectivity index (χ3v) is 4.24. The van der Waals surface area contributed by atoms with Gasteiger partial charge in [0.25, 0.3) is 0 Å². The minimum Gasteiger partial charge on any atom is -0.378 e. The number of anilines is 1. The van der Waals surface area contributed by atoms with Crippen LogP contribution in [0.15, 0.2) is 30.3 Å². The molecule has 0 spiro atoms. The van der Waals surface area contributed by atoms with Crippen molar-refractivity contribution < 1.29 is 4.79 Å². The van der Waals surface area contributed by atoms with E-state index in [-0.39, 0.29) is 11.9 Å². The Morgan fingerprint density at radius 1 is 1.30 bits per heavy atom. The van der Waals surface area contributed by atoms with Gasteiger partial charge >= 0.3 is 0 Å². The highest BCUT2D eigenvalue weighted by Crippen LogP contribution is 2.28. The zero-order chi connectivity index (χ0) is 14.7. The summed E-state index contributed by atoms with van der Waals surface area (Å²) in [5, 5.41) is 3.48. The molecule has 3 nitrogen and oxygen atoms in total. The van der Waals surface area contributed by atoms with E-state index in [0.717, 1.165) is 11.3 Å². The largest absolute Gasteiger partial charge is 0.378 e. The van der Waals surface area contributed by atoms with Crippen LogP contribution in [-0.2, 0) is 11.2 Å². The van der Waals surface area contributed by atoms with Gasteiger partial charge in [-0.3, -0.25) is 4.79 Å². The number of hydrogen-bond acceptors (Lipinski definition) is 3. The lowest BCUT2D eigenvalue weighted by Crippen LogP contribution is -2.13. The first-order chi connectivity index (χ1) is 9.45. The first kappa shape index (κ1) is 14.6. The molecule has 0 fully saturated rings. The number of carbonyl (C=O) groups excluding carboxylic acids is 1. The van der Waals surface area contributed by atoms with E-state index < -0.39 is 0 Å². The summed E-state index contributed by atoms with van der Waals surface area (Å²) in [4.78, 5) is 13.6. The molecule has 3 N–H and O–H groups in total. The Labute approximate surface area is 123 Å². The normalized spacial score (nSPS) is 12.2. The number of carbonyl (C=O) groups is 1. The second kappa shape index (κ2) is 6.09. The minimum atomic E-state index is -0.302. The molecule has 1 aromatic carbocycles. The molecule has 2 rings (SSSR count). The molecule has 0 bridgehead atoms. The molecule has 0 aliphatic carbocycles. The Kier molecular flexibility index (Phi) is 4.45. The highest BCUT2D eigenvalue weighted by atomic mass is 32.1. The van der Waals surface area contributed by atoms with Gasteiger partial charge in [0, 0.05) is 21.5 Å². The fourth-order valence-electron chi connectivity index (χ4n) is 2.33. The number of benzene rings is 1. The molecule has 1 aromatic heterocycles. The Hall–Kier alpha value is -1.81. The smallest absolute Gasteiger partial charge is 0.221 e. The van der Waals surface area contributed by atoms with E-state index in [4.69, 9.17) is 5.73 Å². The van der Waals surface area contributed by atoms with Gasteiger partial charge in [-0.05, 0) is 50.1 Å². The number of amides is 1. The lowest BCUT2D eigenvalue weighted by atomic mass is 10.1. The Bertz CT molecular complexity index is 601. The monoisotopic (exact) mass is 288 g/mol. The average molecular weight is 288 g/mol. The molecular weight excluding hydrogens is 268 g/mol. The van der Waals surface area contributed by atoms with Gasteiger partial charge in [-0.15, -0.1) is 11.3 Å². The summed E-state index contributed by atoms with van der Waals surface area (Å²) in [7, 11) is 0. The molecule has 0 saturated carbocycles. The van der Waals surface area contributed by atoms with Crippen LogP contribution in [-0.4, -0.2) is 5.91 Å². The van der Waals surface area contributed by atoms with Crippen LogP contribution in [0, 0.1) is 13.8 Å². The number of aryl methyl sites for hydroxylation is 2. The van der Waals surface area contributed by atoms with Crippen LogP contribution in [0.25, 0.3) is 0 Å². The number of nitrogens with one attached hydrogen (secondary N) is 1.